The van der Waals surface area contributed by atoms with Gasteiger partial charge in [-0.15, -0.1) is 0 Å². The second kappa shape index (κ2) is 5.31. The fraction of sp³-hybridized carbons (Fsp3) is 0.429. The number of pyridine rings is 1. The number of aliphatic hydroxyl groups excluding tert-OH is 1. The van der Waals surface area contributed by atoms with Crippen LogP contribution in [0.15, 0.2) is 24.5 Å². The fourth-order valence-corrected chi connectivity index (χ4v) is 2.06. The zero-order chi connectivity index (χ0) is 13.1. The number of H-pyrrole nitrogens is 1. The van der Waals surface area contributed by atoms with Crippen LogP contribution in [0.5, 0.6) is 0 Å². The average Bonchev–Trinajstić information content (AvgIpc) is 2.73. The van der Waals surface area contributed by atoms with Crippen molar-refractivity contribution in [2.24, 2.45) is 5.92 Å². The van der Waals surface area contributed by atoms with Gasteiger partial charge in [-0.2, -0.15) is 0 Å². The van der Waals surface area contributed by atoms with E-state index in [9.17, 15) is 5.11 Å². The largest absolute Gasteiger partial charge is 0.396 e. The molecule has 96 valence electrons. The van der Waals surface area contributed by atoms with E-state index >= 15 is 0 Å². The van der Waals surface area contributed by atoms with Gasteiger partial charge in [0.2, 0.25) is 0 Å². The van der Waals surface area contributed by atoms with Gasteiger partial charge < -0.3 is 10.1 Å². The molecule has 1 atom stereocenters. The number of aliphatic hydroxyl groups is 1. The highest BCUT2D eigenvalue weighted by atomic mass is 16.3. The van der Waals surface area contributed by atoms with E-state index in [1.54, 1.807) is 12.4 Å². The molecule has 0 bridgehead atoms. The zero-order valence-electron chi connectivity index (χ0n) is 11.0. The summed E-state index contributed by atoms with van der Waals surface area (Å²) in [7, 11) is 0. The Morgan fingerprint density at radius 1 is 1.39 bits per heavy atom. The van der Waals surface area contributed by atoms with Gasteiger partial charge >= 0.3 is 0 Å². The summed E-state index contributed by atoms with van der Waals surface area (Å²) in [5, 5.41) is 9.45. The second-order valence-electron chi connectivity index (χ2n) is 4.87. The number of aromatic nitrogens is 3. The molecule has 0 fully saturated rings. The third kappa shape index (κ3) is 2.43. The van der Waals surface area contributed by atoms with E-state index in [1.165, 1.54) is 0 Å². The molecule has 0 saturated carbocycles. The van der Waals surface area contributed by atoms with Gasteiger partial charge in [-0.25, -0.2) is 4.98 Å². The van der Waals surface area contributed by atoms with Crippen molar-refractivity contribution in [3.05, 3.63) is 36.0 Å². The molecule has 4 nitrogen and oxygen atoms in total. The average molecular weight is 245 g/mol. The first kappa shape index (κ1) is 12.8. The molecule has 2 heterocycles. The molecule has 0 aliphatic carbocycles. The van der Waals surface area contributed by atoms with Crippen molar-refractivity contribution in [1.29, 1.82) is 0 Å². The van der Waals surface area contributed by atoms with E-state index in [2.05, 4.69) is 28.8 Å². The van der Waals surface area contributed by atoms with E-state index < -0.39 is 0 Å². The van der Waals surface area contributed by atoms with Crippen LogP contribution in [-0.4, -0.2) is 26.7 Å². The number of nitrogens with one attached hydrogen (secondary N) is 1. The lowest BCUT2D eigenvalue weighted by Gasteiger charge is -2.15. The van der Waals surface area contributed by atoms with Crippen molar-refractivity contribution in [1.82, 2.24) is 15.0 Å². The van der Waals surface area contributed by atoms with Crippen LogP contribution in [0, 0.1) is 12.8 Å². The fourth-order valence-electron chi connectivity index (χ4n) is 2.06. The van der Waals surface area contributed by atoms with Crippen LogP contribution in [0.4, 0.5) is 0 Å². The number of aromatic amines is 1. The highest BCUT2D eigenvalue weighted by molar-refractivity contribution is 5.60. The number of hydrogen-bond donors (Lipinski definition) is 2. The molecule has 1 unspecified atom stereocenters. The van der Waals surface area contributed by atoms with Crippen molar-refractivity contribution < 1.29 is 5.11 Å². The minimum Gasteiger partial charge on any atom is -0.396 e. The van der Waals surface area contributed by atoms with Crippen LogP contribution >= 0.6 is 0 Å². The molecule has 0 aliphatic heterocycles. The summed E-state index contributed by atoms with van der Waals surface area (Å²) in [5.41, 5.74) is 2.92. The van der Waals surface area contributed by atoms with Crippen LogP contribution < -0.4 is 0 Å². The summed E-state index contributed by atoms with van der Waals surface area (Å²) in [6.07, 6.45) is 3.55. The maximum atomic E-state index is 9.45. The smallest absolute Gasteiger partial charge is 0.112 e. The molecular weight excluding hydrogens is 226 g/mol. The molecule has 4 heteroatoms. The SMILES string of the molecule is Cc1[nH]c(C(CO)C(C)C)nc1-c1cccnc1. The second-order valence-corrected chi connectivity index (χ2v) is 4.87. The van der Waals surface area contributed by atoms with Crippen molar-refractivity contribution in [3.8, 4) is 11.3 Å². The quantitative estimate of drug-likeness (QED) is 0.870. The van der Waals surface area contributed by atoms with Crippen LogP contribution in [-0.2, 0) is 0 Å². The number of rotatable bonds is 4. The molecule has 0 aromatic carbocycles. The van der Waals surface area contributed by atoms with Gasteiger partial charge in [0.1, 0.15) is 5.82 Å². The first-order valence-corrected chi connectivity index (χ1v) is 6.21. The molecule has 0 amide bonds. The summed E-state index contributed by atoms with van der Waals surface area (Å²) in [6, 6.07) is 3.89. The van der Waals surface area contributed by atoms with E-state index in [1.807, 2.05) is 19.1 Å². The van der Waals surface area contributed by atoms with E-state index in [0.29, 0.717) is 5.92 Å². The van der Waals surface area contributed by atoms with Crippen LogP contribution in [0.1, 0.15) is 31.3 Å². The van der Waals surface area contributed by atoms with Gasteiger partial charge in [0.15, 0.2) is 0 Å². The third-order valence-electron chi connectivity index (χ3n) is 3.19. The maximum absolute atomic E-state index is 9.45. The lowest BCUT2D eigenvalue weighted by Crippen LogP contribution is -2.12. The Morgan fingerprint density at radius 2 is 2.17 bits per heavy atom. The number of aryl methyl sites for hydroxylation is 1. The van der Waals surface area contributed by atoms with Crippen LogP contribution in [0.2, 0.25) is 0 Å². The van der Waals surface area contributed by atoms with Gasteiger partial charge in [-0.1, -0.05) is 13.8 Å². The molecule has 0 aliphatic rings. The van der Waals surface area contributed by atoms with Gasteiger partial charge in [0, 0.05) is 29.6 Å². The molecule has 0 saturated heterocycles. The number of hydrogen-bond acceptors (Lipinski definition) is 3. The van der Waals surface area contributed by atoms with E-state index in [-0.39, 0.29) is 12.5 Å². The Bertz CT molecular complexity index is 505. The first-order chi connectivity index (χ1) is 8.63. The predicted octanol–water partition coefficient (Wildman–Crippen LogP) is 2.51. The van der Waals surface area contributed by atoms with E-state index in [4.69, 9.17) is 0 Å². The number of imidazole rings is 1. The molecule has 0 radical (unpaired) electrons. The Labute approximate surface area is 107 Å². The zero-order valence-corrected chi connectivity index (χ0v) is 11.0. The third-order valence-corrected chi connectivity index (χ3v) is 3.19. The molecule has 2 N–H and O–H groups in total. The minimum atomic E-state index is 0.0501. The van der Waals surface area contributed by atoms with Crippen molar-refractivity contribution >= 4 is 0 Å². The Kier molecular flexibility index (Phi) is 3.77. The first-order valence-electron chi connectivity index (χ1n) is 6.21. The summed E-state index contributed by atoms with van der Waals surface area (Å²) in [5.74, 6) is 1.25. The molecular formula is C14H19N3O. The predicted molar refractivity (Wildman–Crippen MR) is 71.2 cm³/mol. The summed E-state index contributed by atoms with van der Waals surface area (Å²) >= 11 is 0. The highest BCUT2D eigenvalue weighted by Crippen LogP contribution is 2.26. The van der Waals surface area contributed by atoms with Crippen molar-refractivity contribution in [3.63, 3.8) is 0 Å². The summed E-state index contributed by atoms with van der Waals surface area (Å²) < 4.78 is 0. The Hall–Kier alpha value is -1.68. The van der Waals surface area contributed by atoms with Gasteiger partial charge in [-0.05, 0) is 25.0 Å². The number of nitrogens with zero attached hydrogens (tertiary/aromatic N) is 2. The molecule has 18 heavy (non-hydrogen) atoms. The van der Waals surface area contributed by atoms with Crippen LogP contribution in [0.25, 0.3) is 11.3 Å². The lowest BCUT2D eigenvalue weighted by atomic mass is 9.96. The van der Waals surface area contributed by atoms with Crippen LogP contribution in [0.3, 0.4) is 0 Å². The maximum Gasteiger partial charge on any atom is 0.112 e. The lowest BCUT2D eigenvalue weighted by molar-refractivity contribution is 0.232. The molecule has 2 aromatic heterocycles. The van der Waals surface area contributed by atoms with Gasteiger partial charge in [-0.3, -0.25) is 4.98 Å². The van der Waals surface area contributed by atoms with Crippen molar-refractivity contribution in [2.45, 2.75) is 26.7 Å². The summed E-state index contributed by atoms with van der Waals surface area (Å²) in [6.45, 7) is 6.27. The van der Waals surface area contributed by atoms with Gasteiger partial charge in [0.25, 0.3) is 0 Å². The van der Waals surface area contributed by atoms with E-state index in [0.717, 1.165) is 22.8 Å². The minimum absolute atomic E-state index is 0.0501. The summed E-state index contributed by atoms with van der Waals surface area (Å²) in [4.78, 5) is 12.0. The topological polar surface area (TPSA) is 61.8 Å². The van der Waals surface area contributed by atoms with Gasteiger partial charge in [0.05, 0.1) is 12.3 Å². The van der Waals surface area contributed by atoms with Crippen molar-refractivity contribution in [2.75, 3.05) is 6.61 Å². The Balaban J connectivity index is 2.38. The normalized spacial score (nSPS) is 12.9. The Morgan fingerprint density at radius 3 is 2.72 bits per heavy atom. The molecule has 2 rings (SSSR count). The molecule has 2 aromatic rings. The molecule has 0 spiro atoms. The monoisotopic (exact) mass is 245 g/mol. The highest BCUT2D eigenvalue weighted by Gasteiger charge is 2.20. The standard InChI is InChI=1S/C14H19N3O/c1-9(2)12(8-18)14-16-10(3)13(17-14)11-5-4-6-15-7-11/h4-7,9,12,18H,8H2,1-3H3,(H,16,17).